The molecule has 4 nitrogen and oxygen atoms in total. The summed E-state index contributed by atoms with van der Waals surface area (Å²) >= 11 is 3.33. The molecule has 0 aliphatic rings. The average molecular weight is 358 g/mol. The molecule has 0 unspecified atom stereocenters. The minimum absolute atomic E-state index is 0.317. The van der Waals surface area contributed by atoms with Gasteiger partial charge in [0.15, 0.2) is 0 Å². The van der Waals surface area contributed by atoms with Crippen molar-refractivity contribution >= 4 is 32.7 Å². The molecule has 21 heavy (non-hydrogen) atoms. The largest absolute Gasteiger partial charge is 0.346 e. The minimum atomic E-state index is -3.11. The van der Waals surface area contributed by atoms with Gasteiger partial charge in [-0.15, -0.1) is 0 Å². The number of nitrogens with two attached hydrogens (primary N) is 1. The Balaban J connectivity index is 2.35. The predicted octanol–water partition coefficient (Wildman–Crippen LogP) is 2.63. The second-order valence-electron chi connectivity index (χ2n) is 4.72. The molecule has 1 aromatic heterocycles. The third kappa shape index (κ3) is 3.74. The van der Waals surface area contributed by atoms with Crippen LogP contribution < -0.4 is 11.1 Å². The molecule has 112 valence electrons. The SMILES string of the molecule is Cc1cc(C(=O)NCC(F)(F)CN)c2ccc(Br)cc2n1. The van der Waals surface area contributed by atoms with Crippen molar-refractivity contribution in [3.8, 4) is 0 Å². The number of benzene rings is 1. The number of carbonyl (C=O) groups is 1. The number of rotatable bonds is 4. The number of nitrogens with zero attached hydrogens (tertiary/aromatic N) is 1. The Morgan fingerprint density at radius 3 is 2.81 bits per heavy atom. The zero-order valence-corrected chi connectivity index (χ0v) is 12.9. The lowest BCUT2D eigenvalue weighted by Gasteiger charge is -2.15. The molecule has 0 spiro atoms. The first kappa shape index (κ1) is 15.8. The lowest BCUT2D eigenvalue weighted by molar-refractivity contribution is 0.0119. The summed E-state index contributed by atoms with van der Waals surface area (Å²) in [5, 5.41) is 2.82. The van der Waals surface area contributed by atoms with Crippen molar-refractivity contribution in [2.45, 2.75) is 12.8 Å². The van der Waals surface area contributed by atoms with Gasteiger partial charge in [-0.1, -0.05) is 22.0 Å². The highest BCUT2D eigenvalue weighted by Gasteiger charge is 2.27. The Morgan fingerprint density at radius 1 is 1.43 bits per heavy atom. The summed E-state index contributed by atoms with van der Waals surface area (Å²) in [6, 6.07) is 6.84. The van der Waals surface area contributed by atoms with Crippen LogP contribution in [-0.2, 0) is 0 Å². The molecule has 1 amide bonds. The van der Waals surface area contributed by atoms with Crippen LogP contribution in [0.5, 0.6) is 0 Å². The quantitative estimate of drug-likeness (QED) is 0.883. The monoisotopic (exact) mass is 357 g/mol. The van der Waals surface area contributed by atoms with Crippen LogP contribution >= 0.6 is 15.9 Å². The molecule has 2 rings (SSSR count). The van der Waals surface area contributed by atoms with E-state index in [9.17, 15) is 13.6 Å². The highest BCUT2D eigenvalue weighted by atomic mass is 79.9. The zero-order valence-electron chi connectivity index (χ0n) is 11.3. The maximum Gasteiger partial charge on any atom is 0.277 e. The Bertz CT molecular complexity index is 686. The Hall–Kier alpha value is -1.60. The number of hydrogen-bond donors (Lipinski definition) is 2. The number of amides is 1. The number of aryl methyl sites for hydroxylation is 1. The number of carbonyl (C=O) groups excluding carboxylic acids is 1. The lowest BCUT2D eigenvalue weighted by Crippen LogP contribution is -2.41. The zero-order chi connectivity index (χ0) is 15.6. The third-order valence-electron chi connectivity index (χ3n) is 2.95. The molecule has 2 aromatic rings. The van der Waals surface area contributed by atoms with Gasteiger partial charge in [0, 0.05) is 15.6 Å². The number of fused-ring (bicyclic) bond motifs is 1. The van der Waals surface area contributed by atoms with Gasteiger partial charge in [0.25, 0.3) is 11.8 Å². The van der Waals surface area contributed by atoms with Gasteiger partial charge in [-0.3, -0.25) is 9.78 Å². The molecule has 3 N–H and O–H groups in total. The number of alkyl halides is 2. The molecule has 0 saturated heterocycles. The van der Waals surface area contributed by atoms with Crippen LogP contribution in [0.1, 0.15) is 16.1 Å². The minimum Gasteiger partial charge on any atom is -0.346 e. The molecule has 0 fully saturated rings. The Kier molecular flexibility index (Phi) is 4.53. The summed E-state index contributed by atoms with van der Waals surface area (Å²) in [6.07, 6.45) is 0. The molecule has 0 aliphatic carbocycles. The summed E-state index contributed by atoms with van der Waals surface area (Å²) in [6.45, 7) is 0.143. The van der Waals surface area contributed by atoms with Crippen LogP contribution in [0.25, 0.3) is 10.9 Å². The highest BCUT2D eigenvalue weighted by Crippen LogP contribution is 2.22. The van der Waals surface area contributed by atoms with E-state index in [1.807, 2.05) is 0 Å². The van der Waals surface area contributed by atoms with Crippen molar-refractivity contribution in [2.75, 3.05) is 13.1 Å². The molecule has 1 heterocycles. The number of hydrogen-bond acceptors (Lipinski definition) is 3. The maximum atomic E-state index is 13.1. The lowest BCUT2D eigenvalue weighted by atomic mass is 10.1. The molecule has 1 aromatic carbocycles. The summed E-state index contributed by atoms with van der Waals surface area (Å²) < 4.78 is 27.1. The molecule has 0 aliphatic heterocycles. The summed E-state index contributed by atoms with van der Waals surface area (Å²) in [5.74, 6) is -3.68. The number of halogens is 3. The molecule has 0 radical (unpaired) electrons. The van der Waals surface area contributed by atoms with E-state index >= 15 is 0 Å². The van der Waals surface area contributed by atoms with Gasteiger partial charge in [-0.2, -0.15) is 0 Å². The van der Waals surface area contributed by atoms with Gasteiger partial charge < -0.3 is 11.1 Å². The smallest absolute Gasteiger partial charge is 0.277 e. The Labute approximate surface area is 128 Å². The topological polar surface area (TPSA) is 68.0 Å². The van der Waals surface area contributed by atoms with Gasteiger partial charge in [-0.05, 0) is 25.1 Å². The van der Waals surface area contributed by atoms with E-state index in [-0.39, 0.29) is 0 Å². The Morgan fingerprint density at radius 2 is 2.14 bits per heavy atom. The van der Waals surface area contributed by atoms with E-state index in [2.05, 4.69) is 26.2 Å². The number of aromatic nitrogens is 1. The normalized spacial score (nSPS) is 11.7. The highest BCUT2D eigenvalue weighted by molar-refractivity contribution is 9.10. The average Bonchev–Trinajstić information content (AvgIpc) is 2.43. The standard InChI is InChI=1S/C14H14BrF2N3O/c1-8-4-11(13(21)19-7-14(16,17)6-18)10-3-2-9(15)5-12(10)20-8/h2-5H,6-7,18H2,1H3,(H,19,21). The van der Waals surface area contributed by atoms with Crippen LogP contribution in [0.15, 0.2) is 28.7 Å². The van der Waals surface area contributed by atoms with Crippen molar-refractivity contribution in [3.63, 3.8) is 0 Å². The first-order chi connectivity index (χ1) is 9.82. The van der Waals surface area contributed by atoms with Crippen LogP contribution in [0.4, 0.5) is 8.78 Å². The first-order valence-electron chi connectivity index (χ1n) is 6.25. The van der Waals surface area contributed by atoms with Crippen molar-refractivity contribution in [1.29, 1.82) is 0 Å². The van der Waals surface area contributed by atoms with E-state index < -0.39 is 24.9 Å². The van der Waals surface area contributed by atoms with Crippen molar-refractivity contribution < 1.29 is 13.6 Å². The number of pyridine rings is 1. The van der Waals surface area contributed by atoms with E-state index in [4.69, 9.17) is 5.73 Å². The van der Waals surface area contributed by atoms with Crippen LogP contribution in [0.2, 0.25) is 0 Å². The summed E-state index contributed by atoms with van der Waals surface area (Å²) in [5.41, 5.74) is 6.52. The van der Waals surface area contributed by atoms with Gasteiger partial charge in [0.05, 0.1) is 24.2 Å². The molecule has 0 bridgehead atoms. The number of nitrogens with one attached hydrogen (secondary N) is 1. The van der Waals surface area contributed by atoms with Gasteiger partial charge in [0.2, 0.25) is 0 Å². The van der Waals surface area contributed by atoms with Crippen molar-refractivity contribution in [3.05, 3.63) is 40.0 Å². The third-order valence-corrected chi connectivity index (χ3v) is 3.44. The second-order valence-corrected chi connectivity index (χ2v) is 5.63. The summed E-state index contributed by atoms with van der Waals surface area (Å²) in [4.78, 5) is 16.5. The van der Waals surface area contributed by atoms with Crippen LogP contribution in [0, 0.1) is 6.92 Å². The molecular formula is C14H14BrF2N3O. The van der Waals surface area contributed by atoms with Gasteiger partial charge >= 0.3 is 0 Å². The van der Waals surface area contributed by atoms with Crippen LogP contribution in [-0.4, -0.2) is 29.9 Å². The van der Waals surface area contributed by atoms with Crippen molar-refractivity contribution in [2.24, 2.45) is 5.73 Å². The fraction of sp³-hybridized carbons (Fsp3) is 0.286. The fourth-order valence-electron chi connectivity index (χ4n) is 1.90. The molecule has 0 saturated carbocycles. The van der Waals surface area contributed by atoms with E-state index in [1.54, 1.807) is 31.2 Å². The summed E-state index contributed by atoms with van der Waals surface area (Å²) in [7, 11) is 0. The maximum absolute atomic E-state index is 13.1. The van der Waals surface area contributed by atoms with Gasteiger partial charge in [0.1, 0.15) is 0 Å². The fourth-order valence-corrected chi connectivity index (χ4v) is 2.25. The van der Waals surface area contributed by atoms with Gasteiger partial charge in [-0.25, -0.2) is 8.78 Å². The van der Waals surface area contributed by atoms with Crippen LogP contribution in [0.3, 0.4) is 0 Å². The molecule has 7 heteroatoms. The second kappa shape index (κ2) is 6.03. The van der Waals surface area contributed by atoms with E-state index in [1.165, 1.54) is 0 Å². The van der Waals surface area contributed by atoms with Crippen molar-refractivity contribution in [1.82, 2.24) is 10.3 Å². The predicted molar refractivity (Wildman–Crippen MR) is 80.5 cm³/mol. The molecular weight excluding hydrogens is 344 g/mol. The first-order valence-corrected chi connectivity index (χ1v) is 7.05. The van der Waals surface area contributed by atoms with E-state index in [0.29, 0.717) is 22.2 Å². The molecule has 0 atom stereocenters. The van der Waals surface area contributed by atoms with E-state index in [0.717, 1.165) is 4.47 Å².